The van der Waals surface area contributed by atoms with E-state index in [1.165, 1.54) is 0 Å². The molecule has 2 rings (SSSR count). The topological polar surface area (TPSA) is 102 Å². The van der Waals surface area contributed by atoms with Crippen molar-refractivity contribution in [1.82, 2.24) is 0 Å². The SMILES string of the molecule is O=S1(=O)CC2=C(C1)S(=O)(=O)CCS2(=O)=O. The number of rotatable bonds is 0. The Morgan fingerprint density at radius 1 is 0.667 bits per heavy atom. The summed E-state index contributed by atoms with van der Waals surface area (Å²) in [6.45, 7) is 0. The first-order valence-corrected chi connectivity index (χ1v) is 9.15. The Bertz CT molecular complexity index is 594. The molecule has 6 nitrogen and oxygen atoms in total. The standard InChI is InChI=1S/C6H8O6S3/c7-13(8)3-5-6(4-13)15(11,12)2-1-14(5,9)10/h1-4H2. The molecule has 0 unspecified atom stereocenters. The van der Waals surface area contributed by atoms with Crippen LogP contribution in [0.2, 0.25) is 0 Å². The summed E-state index contributed by atoms with van der Waals surface area (Å²) in [5.74, 6) is -2.35. The molecule has 0 aromatic heterocycles. The van der Waals surface area contributed by atoms with Crippen molar-refractivity contribution < 1.29 is 25.3 Å². The molecule has 0 aliphatic carbocycles. The van der Waals surface area contributed by atoms with Gasteiger partial charge < -0.3 is 0 Å². The molecular formula is C6H8O6S3. The van der Waals surface area contributed by atoms with Gasteiger partial charge in [-0.25, -0.2) is 25.3 Å². The first kappa shape index (κ1) is 11.1. The Morgan fingerprint density at radius 2 is 1.00 bits per heavy atom. The Labute approximate surface area is 87.7 Å². The average Bonchev–Trinajstić information content (AvgIpc) is 2.38. The fourth-order valence-corrected chi connectivity index (χ4v) is 9.40. The summed E-state index contributed by atoms with van der Waals surface area (Å²) in [5.41, 5.74) is 0. The van der Waals surface area contributed by atoms with Gasteiger partial charge in [-0.15, -0.1) is 0 Å². The van der Waals surface area contributed by atoms with E-state index in [0.29, 0.717) is 0 Å². The van der Waals surface area contributed by atoms with Crippen LogP contribution in [0.3, 0.4) is 0 Å². The molecule has 0 amide bonds. The maximum atomic E-state index is 11.5. The minimum absolute atomic E-state index is 0.409. The van der Waals surface area contributed by atoms with E-state index in [1.807, 2.05) is 0 Å². The van der Waals surface area contributed by atoms with Gasteiger partial charge in [0.05, 0.1) is 32.8 Å². The van der Waals surface area contributed by atoms with Gasteiger partial charge in [-0.1, -0.05) is 0 Å². The van der Waals surface area contributed by atoms with Gasteiger partial charge in [0.25, 0.3) is 0 Å². The van der Waals surface area contributed by atoms with Crippen LogP contribution in [0.1, 0.15) is 0 Å². The molecule has 0 fully saturated rings. The summed E-state index contributed by atoms with van der Waals surface area (Å²) in [6.07, 6.45) is 0. The Morgan fingerprint density at radius 3 is 1.33 bits per heavy atom. The smallest absolute Gasteiger partial charge is 0.177 e. The first-order chi connectivity index (χ1) is 6.64. The second-order valence-corrected chi connectivity index (χ2v) is 9.84. The maximum Gasteiger partial charge on any atom is 0.177 e. The fourth-order valence-electron chi connectivity index (χ4n) is 1.60. The van der Waals surface area contributed by atoms with E-state index in [1.54, 1.807) is 0 Å². The van der Waals surface area contributed by atoms with Crippen molar-refractivity contribution in [3.8, 4) is 0 Å². The lowest BCUT2D eigenvalue weighted by Crippen LogP contribution is -2.27. The number of hydrogen-bond acceptors (Lipinski definition) is 6. The average molecular weight is 272 g/mol. The summed E-state index contributed by atoms with van der Waals surface area (Å²) in [6, 6.07) is 0. The van der Waals surface area contributed by atoms with E-state index in [4.69, 9.17) is 0 Å². The molecule has 86 valence electrons. The molecule has 0 aromatic rings. The van der Waals surface area contributed by atoms with E-state index >= 15 is 0 Å². The molecule has 2 aliphatic heterocycles. The van der Waals surface area contributed by atoms with Crippen LogP contribution in [0, 0.1) is 0 Å². The van der Waals surface area contributed by atoms with Crippen molar-refractivity contribution >= 4 is 29.5 Å². The zero-order valence-electron chi connectivity index (χ0n) is 7.50. The van der Waals surface area contributed by atoms with Gasteiger partial charge >= 0.3 is 0 Å². The molecular weight excluding hydrogens is 264 g/mol. The molecule has 0 radical (unpaired) electrons. The molecule has 0 aromatic carbocycles. The lowest BCUT2D eigenvalue weighted by Gasteiger charge is -2.13. The van der Waals surface area contributed by atoms with E-state index in [-0.39, 0.29) is 0 Å². The predicted molar refractivity (Wildman–Crippen MR) is 53.3 cm³/mol. The third-order valence-electron chi connectivity index (χ3n) is 2.38. The zero-order valence-corrected chi connectivity index (χ0v) is 9.95. The molecule has 0 saturated carbocycles. The molecule has 9 heteroatoms. The third kappa shape index (κ3) is 1.72. The number of hydrogen-bond donors (Lipinski definition) is 0. The van der Waals surface area contributed by atoms with Crippen molar-refractivity contribution in [2.75, 3.05) is 23.0 Å². The van der Waals surface area contributed by atoms with E-state index in [2.05, 4.69) is 0 Å². The van der Waals surface area contributed by atoms with E-state index in [9.17, 15) is 25.3 Å². The predicted octanol–water partition coefficient (Wildman–Crippen LogP) is -1.53. The minimum Gasteiger partial charge on any atom is -0.228 e. The molecule has 15 heavy (non-hydrogen) atoms. The van der Waals surface area contributed by atoms with Crippen molar-refractivity contribution in [2.45, 2.75) is 0 Å². The van der Waals surface area contributed by atoms with Crippen LogP contribution < -0.4 is 0 Å². The van der Waals surface area contributed by atoms with Crippen molar-refractivity contribution in [3.63, 3.8) is 0 Å². The van der Waals surface area contributed by atoms with Crippen molar-refractivity contribution in [3.05, 3.63) is 9.81 Å². The minimum atomic E-state index is -3.68. The summed E-state index contributed by atoms with van der Waals surface area (Å²) in [7, 11) is -11.0. The van der Waals surface area contributed by atoms with Gasteiger partial charge in [0.1, 0.15) is 0 Å². The quantitative estimate of drug-likeness (QED) is 0.530. The molecule has 0 saturated heterocycles. The summed E-state index contributed by atoms with van der Waals surface area (Å²) in [4.78, 5) is -0.817. The lowest BCUT2D eigenvalue weighted by atomic mass is 10.6. The molecule has 0 N–H and O–H groups in total. The molecule has 2 heterocycles. The van der Waals surface area contributed by atoms with Gasteiger partial charge in [-0.05, 0) is 0 Å². The highest BCUT2D eigenvalue weighted by Gasteiger charge is 2.44. The summed E-state index contributed by atoms with van der Waals surface area (Å²) >= 11 is 0. The molecule has 0 spiro atoms. The maximum absolute atomic E-state index is 11.5. The largest absolute Gasteiger partial charge is 0.228 e. The van der Waals surface area contributed by atoms with Gasteiger partial charge in [-0.2, -0.15) is 0 Å². The zero-order chi connectivity index (χ0) is 11.5. The van der Waals surface area contributed by atoms with Gasteiger partial charge in [0.2, 0.25) is 0 Å². The number of sulfone groups is 3. The fraction of sp³-hybridized carbons (Fsp3) is 0.667. The second-order valence-electron chi connectivity index (χ2n) is 3.52. The Hall–Kier alpha value is -0.410. The van der Waals surface area contributed by atoms with Crippen molar-refractivity contribution in [2.24, 2.45) is 0 Å². The highest BCUT2D eigenvalue weighted by atomic mass is 32.2. The van der Waals surface area contributed by atoms with Crippen LogP contribution in [0.25, 0.3) is 0 Å². The van der Waals surface area contributed by atoms with Crippen LogP contribution in [-0.2, 0) is 29.5 Å². The van der Waals surface area contributed by atoms with Crippen LogP contribution >= 0.6 is 0 Å². The molecule has 2 aliphatic rings. The van der Waals surface area contributed by atoms with E-state index < -0.39 is 62.3 Å². The van der Waals surface area contributed by atoms with Crippen LogP contribution in [0.15, 0.2) is 9.81 Å². The monoisotopic (exact) mass is 272 g/mol. The highest BCUT2D eigenvalue weighted by molar-refractivity contribution is 8.05. The van der Waals surface area contributed by atoms with E-state index in [0.717, 1.165) is 0 Å². The lowest BCUT2D eigenvalue weighted by molar-refractivity contribution is 0.590. The Balaban J connectivity index is 2.75. The van der Waals surface area contributed by atoms with Crippen molar-refractivity contribution in [1.29, 1.82) is 0 Å². The van der Waals surface area contributed by atoms with Gasteiger partial charge in [0, 0.05) is 0 Å². The van der Waals surface area contributed by atoms with Crippen LogP contribution in [0.4, 0.5) is 0 Å². The summed E-state index contributed by atoms with van der Waals surface area (Å²) in [5, 5.41) is 0. The van der Waals surface area contributed by atoms with Crippen LogP contribution in [-0.4, -0.2) is 48.3 Å². The molecule has 0 bridgehead atoms. The first-order valence-electron chi connectivity index (χ1n) is 4.02. The Kier molecular flexibility index (Phi) is 2.09. The van der Waals surface area contributed by atoms with Gasteiger partial charge in [0.15, 0.2) is 29.5 Å². The normalized spacial score (nSPS) is 31.2. The van der Waals surface area contributed by atoms with Crippen LogP contribution in [0.5, 0.6) is 0 Å². The third-order valence-corrected chi connectivity index (χ3v) is 8.36. The highest BCUT2D eigenvalue weighted by Crippen LogP contribution is 2.32. The van der Waals surface area contributed by atoms with Gasteiger partial charge in [-0.3, -0.25) is 0 Å². The second kappa shape index (κ2) is 2.83. The molecule has 0 atom stereocenters. The summed E-state index contributed by atoms with van der Waals surface area (Å²) < 4.78 is 68.2.